The van der Waals surface area contributed by atoms with Crippen molar-refractivity contribution in [2.45, 2.75) is 76.1 Å². The molecule has 1 aromatic carbocycles. The van der Waals surface area contributed by atoms with Crippen LogP contribution in [-0.4, -0.2) is 27.3 Å². The minimum absolute atomic E-state index is 0.111. The standard InChI is InChI=1S/C21H30F6O3/c1-5-6-7-8-9-10-11-18(21(28-2,29-3)30-4)15-12-16(19(22,23)24)14-17(13-15)20(25,26)27/h12-14,18H,5-11H2,1-4H3. The van der Waals surface area contributed by atoms with Gasteiger partial charge in [-0.25, -0.2) is 0 Å². The molecule has 9 heteroatoms. The first kappa shape index (κ1) is 26.7. The predicted molar refractivity (Wildman–Crippen MR) is 101 cm³/mol. The van der Waals surface area contributed by atoms with Gasteiger partial charge >= 0.3 is 12.4 Å². The van der Waals surface area contributed by atoms with Gasteiger partial charge in [-0.3, -0.25) is 0 Å². The quantitative estimate of drug-likeness (QED) is 0.195. The molecule has 0 heterocycles. The Kier molecular flexibility index (Phi) is 10.1. The van der Waals surface area contributed by atoms with Crippen molar-refractivity contribution < 1.29 is 40.6 Å². The first-order chi connectivity index (χ1) is 13.9. The van der Waals surface area contributed by atoms with Crippen molar-refractivity contribution in [3.8, 4) is 0 Å². The van der Waals surface area contributed by atoms with Gasteiger partial charge in [0.15, 0.2) is 0 Å². The van der Waals surface area contributed by atoms with Crippen LogP contribution in [0.5, 0.6) is 0 Å². The number of rotatable bonds is 12. The molecule has 0 saturated heterocycles. The summed E-state index contributed by atoms with van der Waals surface area (Å²) < 4.78 is 95.7. The summed E-state index contributed by atoms with van der Waals surface area (Å²) in [5.74, 6) is -2.80. The highest BCUT2D eigenvalue weighted by Gasteiger charge is 2.44. The summed E-state index contributed by atoms with van der Waals surface area (Å²) in [6.45, 7) is 2.08. The van der Waals surface area contributed by atoms with Crippen LogP contribution in [0.15, 0.2) is 18.2 Å². The molecule has 30 heavy (non-hydrogen) atoms. The normalized spacial score (nSPS) is 14.2. The smallest absolute Gasteiger partial charge is 0.330 e. The molecule has 0 fully saturated rings. The molecule has 1 unspecified atom stereocenters. The van der Waals surface area contributed by atoms with Crippen LogP contribution in [0.25, 0.3) is 0 Å². The summed E-state index contributed by atoms with van der Waals surface area (Å²) >= 11 is 0. The van der Waals surface area contributed by atoms with Gasteiger partial charge in [-0.2, -0.15) is 26.3 Å². The maximum Gasteiger partial charge on any atom is 0.416 e. The number of unbranched alkanes of at least 4 members (excludes halogenated alkanes) is 5. The van der Waals surface area contributed by atoms with Gasteiger partial charge in [0, 0.05) is 21.3 Å². The van der Waals surface area contributed by atoms with E-state index in [1.807, 2.05) is 0 Å². The number of ether oxygens (including phenoxy) is 3. The van der Waals surface area contributed by atoms with Crippen LogP contribution in [0.3, 0.4) is 0 Å². The van der Waals surface area contributed by atoms with Gasteiger partial charge in [0.05, 0.1) is 17.0 Å². The first-order valence-electron chi connectivity index (χ1n) is 9.90. The van der Waals surface area contributed by atoms with Crippen molar-refractivity contribution in [3.63, 3.8) is 0 Å². The van der Waals surface area contributed by atoms with E-state index in [1.165, 1.54) is 21.3 Å². The van der Waals surface area contributed by atoms with Gasteiger partial charge in [0.25, 0.3) is 5.97 Å². The summed E-state index contributed by atoms with van der Waals surface area (Å²) in [4.78, 5) is 0. The molecule has 0 N–H and O–H groups in total. The maximum atomic E-state index is 13.3. The SMILES string of the molecule is CCCCCCCCC(c1cc(C(F)(F)F)cc(C(F)(F)F)c1)C(OC)(OC)OC. The second kappa shape index (κ2) is 11.3. The van der Waals surface area contributed by atoms with Gasteiger partial charge in [-0.15, -0.1) is 0 Å². The highest BCUT2D eigenvalue weighted by molar-refractivity contribution is 5.36. The molecular formula is C21H30F6O3. The van der Waals surface area contributed by atoms with Crippen molar-refractivity contribution >= 4 is 0 Å². The molecule has 1 rings (SSSR count). The van der Waals surface area contributed by atoms with Crippen molar-refractivity contribution in [3.05, 3.63) is 34.9 Å². The number of benzene rings is 1. The Bertz CT molecular complexity index is 598. The Morgan fingerprint density at radius 3 is 1.53 bits per heavy atom. The van der Waals surface area contributed by atoms with E-state index >= 15 is 0 Å². The third-order valence-corrected chi connectivity index (χ3v) is 5.14. The van der Waals surface area contributed by atoms with E-state index in [-0.39, 0.29) is 18.1 Å². The van der Waals surface area contributed by atoms with Crippen molar-refractivity contribution in [1.82, 2.24) is 0 Å². The van der Waals surface area contributed by atoms with E-state index in [2.05, 4.69) is 6.92 Å². The van der Waals surface area contributed by atoms with Gasteiger partial charge in [0.1, 0.15) is 0 Å². The third kappa shape index (κ3) is 7.13. The average Bonchev–Trinajstić information content (AvgIpc) is 2.68. The number of methoxy groups -OCH3 is 3. The number of hydrogen-bond acceptors (Lipinski definition) is 3. The van der Waals surface area contributed by atoms with Crippen molar-refractivity contribution in [2.24, 2.45) is 0 Å². The second-order valence-corrected chi connectivity index (χ2v) is 7.16. The number of hydrogen-bond donors (Lipinski definition) is 0. The molecular weight excluding hydrogens is 414 g/mol. The molecule has 0 saturated carbocycles. The van der Waals surface area contributed by atoms with Gasteiger partial charge in [0.2, 0.25) is 0 Å². The molecule has 0 aliphatic heterocycles. The van der Waals surface area contributed by atoms with Crippen LogP contribution < -0.4 is 0 Å². The van der Waals surface area contributed by atoms with Crippen LogP contribution >= 0.6 is 0 Å². The maximum absolute atomic E-state index is 13.3. The van der Waals surface area contributed by atoms with Crippen molar-refractivity contribution in [1.29, 1.82) is 0 Å². The molecule has 0 aromatic heterocycles. The molecule has 174 valence electrons. The minimum atomic E-state index is -4.93. The molecule has 0 bridgehead atoms. The molecule has 1 atom stereocenters. The summed E-state index contributed by atoms with van der Waals surface area (Å²) in [5, 5.41) is 0. The summed E-state index contributed by atoms with van der Waals surface area (Å²) in [6.07, 6.45) is -4.19. The Balaban J connectivity index is 3.37. The van der Waals surface area contributed by atoms with E-state index in [4.69, 9.17) is 14.2 Å². The van der Waals surface area contributed by atoms with E-state index in [1.54, 1.807) is 0 Å². The third-order valence-electron chi connectivity index (χ3n) is 5.14. The summed E-state index contributed by atoms with van der Waals surface area (Å²) in [7, 11) is 3.71. The first-order valence-corrected chi connectivity index (χ1v) is 9.90. The highest BCUT2D eigenvalue weighted by Crippen LogP contribution is 2.42. The van der Waals surface area contributed by atoms with Gasteiger partial charge < -0.3 is 14.2 Å². The zero-order valence-electron chi connectivity index (χ0n) is 17.8. The second-order valence-electron chi connectivity index (χ2n) is 7.16. The summed E-state index contributed by atoms with van der Waals surface area (Å²) in [6, 6.07) is 1.53. The van der Waals surface area contributed by atoms with E-state index < -0.39 is 35.4 Å². The Morgan fingerprint density at radius 1 is 0.700 bits per heavy atom. The molecule has 0 radical (unpaired) electrons. The van der Waals surface area contributed by atoms with Gasteiger partial charge in [-0.05, 0) is 30.2 Å². The fourth-order valence-corrected chi connectivity index (χ4v) is 3.53. The lowest BCUT2D eigenvalue weighted by atomic mass is 9.88. The lowest BCUT2D eigenvalue weighted by Crippen LogP contribution is -2.42. The van der Waals surface area contributed by atoms with E-state index in [9.17, 15) is 26.3 Å². The Labute approximate surface area is 173 Å². The Morgan fingerprint density at radius 2 is 1.13 bits per heavy atom. The van der Waals surface area contributed by atoms with Gasteiger partial charge in [-0.1, -0.05) is 45.4 Å². The fourth-order valence-electron chi connectivity index (χ4n) is 3.53. The molecule has 3 nitrogen and oxygen atoms in total. The average molecular weight is 444 g/mol. The molecule has 0 aliphatic carbocycles. The fraction of sp³-hybridized carbons (Fsp3) is 0.714. The lowest BCUT2D eigenvalue weighted by molar-refractivity contribution is -0.365. The number of alkyl halides is 6. The largest absolute Gasteiger partial charge is 0.416 e. The topological polar surface area (TPSA) is 27.7 Å². The lowest BCUT2D eigenvalue weighted by Gasteiger charge is -2.37. The van der Waals surface area contributed by atoms with E-state index in [0.29, 0.717) is 18.6 Å². The van der Waals surface area contributed by atoms with Crippen LogP contribution in [0.4, 0.5) is 26.3 Å². The molecule has 0 spiro atoms. The Hall–Kier alpha value is -1.32. The highest BCUT2D eigenvalue weighted by atomic mass is 19.4. The monoisotopic (exact) mass is 444 g/mol. The molecule has 0 aliphatic rings. The molecule has 0 amide bonds. The van der Waals surface area contributed by atoms with Crippen molar-refractivity contribution in [2.75, 3.05) is 21.3 Å². The van der Waals surface area contributed by atoms with Crippen LogP contribution in [0, 0.1) is 0 Å². The van der Waals surface area contributed by atoms with Crippen LogP contribution in [0.2, 0.25) is 0 Å². The van der Waals surface area contributed by atoms with Crippen LogP contribution in [0.1, 0.15) is 74.5 Å². The zero-order chi connectivity index (χ0) is 23.0. The zero-order valence-corrected chi connectivity index (χ0v) is 17.8. The minimum Gasteiger partial charge on any atom is -0.330 e. The van der Waals surface area contributed by atoms with E-state index in [0.717, 1.165) is 32.1 Å². The number of halogens is 6. The van der Waals surface area contributed by atoms with Crippen LogP contribution in [-0.2, 0) is 26.6 Å². The molecule has 1 aromatic rings. The predicted octanol–water partition coefficient (Wildman–Crippen LogP) is 7.15. The summed E-state index contributed by atoms with van der Waals surface area (Å²) in [5.41, 5.74) is -2.95.